The molecule has 1 aliphatic heterocycles. The van der Waals surface area contributed by atoms with Crippen molar-refractivity contribution in [2.24, 2.45) is 0 Å². The Balaban J connectivity index is 1.39. The highest BCUT2D eigenvalue weighted by atomic mass is 32.2. The molecule has 0 spiro atoms. The fraction of sp³-hybridized carbons (Fsp3) is 0.385. The maximum Gasteiger partial charge on any atom is 0.416 e. The van der Waals surface area contributed by atoms with Crippen molar-refractivity contribution < 1.29 is 45.4 Å². The van der Waals surface area contributed by atoms with Crippen LogP contribution in [0.15, 0.2) is 52.9 Å². The molecule has 0 amide bonds. The van der Waals surface area contributed by atoms with Crippen molar-refractivity contribution in [1.82, 2.24) is 14.6 Å². The number of rotatable bonds is 11. The van der Waals surface area contributed by atoms with Crippen LogP contribution in [0.3, 0.4) is 0 Å². The summed E-state index contributed by atoms with van der Waals surface area (Å²) in [6.07, 6.45) is -4.10. The number of carbonyl (C=O) groups is 1. The molecule has 1 aromatic heterocycles. The number of sulfonamides is 1. The number of halogens is 3. The summed E-state index contributed by atoms with van der Waals surface area (Å²) in [4.78, 5) is 15.8. The molecular weight excluding hydrogens is 555 g/mol. The van der Waals surface area contributed by atoms with Gasteiger partial charge in [0.15, 0.2) is 5.44 Å². The number of hydrogen-bond donors (Lipinski definition) is 2. The Bertz CT molecular complexity index is 1420. The van der Waals surface area contributed by atoms with Crippen LogP contribution in [0.25, 0.3) is 11.5 Å². The van der Waals surface area contributed by atoms with Gasteiger partial charge >= 0.3 is 12.1 Å². The second kappa shape index (κ2) is 12.4. The van der Waals surface area contributed by atoms with Gasteiger partial charge in [-0.3, -0.25) is 4.79 Å². The van der Waals surface area contributed by atoms with Gasteiger partial charge in [-0.1, -0.05) is 12.1 Å². The number of morpholine rings is 1. The van der Waals surface area contributed by atoms with E-state index >= 15 is 0 Å². The average molecular weight is 584 g/mol. The van der Waals surface area contributed by atoms with Crippen LogP contribution in [0.4, 0.5) is 13.2 Å². The van der Waals surface area contributed by atoms with E-state index in [0.29, 0.717) is 41.3 Å². The van der Waals surface area contributed by atoms with Gasteiger partial charge < -0.3 is 24.3 Å². The van der Waals surface area contributed by atoms with Gasteiger partial charge in [0.05, 0.1) is 24.5 Å². The van der Waals surface area contributed by atoms with Crippen molar-refractivity contribution in [1.29, 1.82) is 0 Å². The molecule has 0 bridgehead atoms. The number of nitrogens with one attached hydrogen (secondary N) is 1. The number of oxazole rings is 1. The third-order valence-electron chi connectivity index (χ3n) is 6.11. The van der Waals surface area contributed by atoms with E-state index in [0.717, 1.165) is 16.4 Å². The van der Waals surface area contributed by atoms with Crippen molar-refractivity contribution in [3.05, 3.63) is 71.1 Å². The number of nitrogens with zero attached hydrogens (tertiary/aromatic N) is 2. The average Bonchev–Trinajstić information content (AvgIpc) is 3.28. The molecule has 2 aromatic carbocycles. The molecule has 2 heterocycles. The van der Waals surface area contributed by atoms with Gasteiger partial charge in [-0.2, -0.15) is 17.5 Å². The topological polar surface area (TPSA) is 131 Å². The number of aromatic nitrogens is 1. The molecule has 3 aromatic rings. The number of alkyl halides is 3. The lowest BCUT2D eigenvalue weighted by molar-refractivity contribution is -0.138. The number of hydrogen-bond acceptors (Lipinski definition) is 8. The molecule has 1 saturated heterocycles. The Kier molecular flexibility index (Phi) is 9.13. The highest BCUT2D eigenvalue weighted by Gasteiger charge is 2.35. The zero-order valence-corrected chi connectivity index (χ0v) is 22.3. The molecule has 40 heavy (non-hydrogen) atoms. The number of ether oxygens (including phenoxy) is 2. The van der Waals surface area contributed by atoms with Crippen molar-refractivity contribution >= 4 is 16.0 Å². The molecule has 1 aliphatic rings. The Labute approximate surface area is 228 Å². The monoisotopic (exact) mass is 583 g/mol. The third-order valence-corrected chi connectivity index (χ3v) is 8.06. The third kappa shape index (κ3) is 7.38. The maximum absolute atomic E-state index is 13.0. The lowest BCUT2D eigenvalue weighted by atomic mass is 10.1. The fourth-order valence-electron chi connectivity index (χ4n) is 4.07. The SMILES string of the molecule is Cc1oc(-c2ccc(C(F)(F)F)cc2)nc1CCOc1cccc(CN(CC(=O)O)S(=O)(=O)C2CNCCO2)c1. The molecular formula is C26H28F3N3O7S. The number of aryl methyl sites for hydroxylation is 1. The first-order chi connectivity index (χ1) is 18.9. The van der Waals surface area contributed by atoms with E-state index < -0.39 is 39.7 Å². The number of aliphatic carboxylic acids is 1. The first-order valence-electron chi connectivity index (χ1n) is 12.3. The standard InChI is InChI=1S/C26H28F3N3O7S/c1-17-22(31-25(39-17)19-5-7-20(8-6-19)26(27,28)29)9-11-37-21-4-2-3-18(13-21)15-32(16-23(33)34)40(35,36)24-14-30-10-12-38-24/h2-8,13,24,30H,9-12,14-16H2,1H3,(H,33,34). The molecule has 1 atom stereocenters. The lowest BCUT2D eigenvalue weighted by Gasteiger charge is -2.29. The summed E-state index contributed by atoms with van der Waals surface area (Å²) in [5.74, 6) is -0.162. The fourth-order valence-corrected chi connectivity index (χ4v) is 5.62. The Morgan fingerprint density at radius 3 is 2.62 bits per heavy atom. The van der Waals surface area contributed by atoms with Crippen LogP contribution < -0.4 is 10.1 Å². The van der Waals surface area contributed by atoms with Gasteiger partial charge in [0.25, 0.3) is 0 Å². The van der Waals surface area contributed by atoms with Gasteiger partial charge in [0, 0.05) is 31.6 Å². The summed E-state index contributed by atoms with van der Waals surface area (Å²) < 4.78 is 82.2. The number of carboxylic acids is 1. The molecule has 0 saturated carbocycles. The van der Waals surface area contributed by atoms with E-state index in [1.807, 2.05) is 0 Å². The Morgan fingerprint density at radius 2 is 1.98 bits per heavy atom. The lowest BCUT2D eigenvalue weighted by Crippen LogP contribution is -2.49. The van der Waals surface area contributed by atoms with Crippen LogP contribution in [0, 0.1) is 6.92 Å². The van der Waals surface area contributed by atoms with E-state index in [9.17, 15) is 31.5 Å². The quantitative estimate of drug-likeness (QED) is 0.349. The van der Waals surface area contributed by atoms with Crippen LogP contribution in [-0.4, -0.2) is 67.1 Å². The summed E-state index contributed by atoms with van der Waals surface area (Å²) in [5, 5.41) is 12.2. The van der Waals surface area contributed by atoms with Crippen molar-refractivity contribution in [3.63, 3.8) is 0 Å². The number of benzene rings is 2. The first-order valence-corrected chi connectivity index (χ1v) is 13.8. The molecule has 1 unspecified atom stereocenters. The molecule has 14 heteroatoms. The zero-order chi connectivity index (χ0) is 28.9. The second-order valence-corrected chi connectivity index (χ2v) is 11.1. The van der Waals surface area contributed by atoms with E-state index in [-0.39, 0.29) is 32.2 Å². The zero-order valence-electron chi connectivity index (χ0n) is 21.5. The van der Waals surface area contributed by atoms with Gasteiger partial charge in [0.1, 0.15) is 18.1 Å². The van der Waals surface area contributed by atoms with E-state index in [4.69, 9.17) is 13.9 Å². The van der Waals surface area contributed by atoms with Crippen LogP contribution in [-0.2, 0) is 38.7 Å². The van der Waals surface area contributed by atoms with Crippen LogP contribution in [0.5, 0.6) is 5.75 Å². The molecule has 10 nitrogen and oxygen atoms in total. The van der Waals surface area contributed by atoms with Crippen LogP contribution in [0.2, 0.25) is 0 Å². The summed E-state index contributed by atoms with van der Waals surface area (Å²) in [7, 11) is -4.07. The Hall–Kier alpha value is -3.46. The minimum absolute atomic E-state index is 0.0592. The minimum atomic E-state index is -4.44. The molecule has 2 N–H and O–H groups in total. The maximum atomic E-state index is 13.0. The predicted molar refractivity (Wildman–Crippen MR) is 137 cm³/mol. The van der Waals surface area contributed by atoms with Crippen LogP contribution in [0.1, 0.15) is 22.6 Å². The summed E-state index contributed by atoms with van der Waals surface area (Å²) >= 11 is 0. The largest absolute Gasteiger partial charge is 0.493 e. The van der Waals surface area contributed by atoms with E-state index in [2.05, 4.69) is 10.3 Å². The Morgan fingerprint density at radius 1 is 1.23 bits per heavy atom. The predicted octanol–water partition coefficient (Wildman–Crippen LogP) is 3.45. The van der Waals surface area contributed by atoms with Gasteiger partial charge in [-0.15, -0.1) is 0 Å². The van der Waals surface area contributed by atoms with Crippen molar-refractivity contribution in [2.75, 3.05) is 32.8 Å². The molecule has 0 radical (unpaired) electrons. The first kappa shape index (κ1) is 29.5. The minimum Gasteiger partial charge on any atom is -0.493 e. The highest BCUT2D eigenvalue weighted by molar-refractivity contribution is 7.89. The second-order valence-electron chi connectivity index (χ2n) is 9.05. The van der Waals surface area contributed by atoms with E-state index in [1.165, 1.54) is 12.1 Å². The van der Waals surface area contributed by atoms with Crippen molar-refractivity contribution in [3.8, 4) is 17.2 Å². The van der Waals surface area contributed by atoms with Gasteiger partial charge in [-0.05, 0) is 48.9 Å². The molecule has 4 rings (SSSR count). The summed E-state index contributed by atoms with van der Waals surface area (Å²) in [5.41, 5.74) is -0.443. The molecule has 1 fully saturated rings. The molecule has 216 valence electrons. The summed E-state index contributed by atoms with van der Waals surface area (Å²) in [6, 6.07) is 11.1. The summed E-state index contributed by atoms with van der Waals surface area (Å²) in [6.45, 7) is 1.73. The van der Waals surface area contributed by atoms with Gasteiger partial charge in [-0.25, -0.2) is 13.4 Å². The van der Waals surface area contributed by atoms with Crippen molar-refractivity contribution in [2.45, 2.75) is 31.5 Å². The normalized spacial score (nSPS) is 16.3. The smallest absolute Gasteiger partial charge is 0.416 e. The van der Waals surface area contributed by atoms with Crippen LogP contribution >= 0.6 is 0 Å². The van der Waals surface area contributed by atoms with E-state index in [1.54, 1.807) is 31.2 Å². The van der Waals surface area contributed by atoms with Gasteiger partial charge in [0.2, 0.25) is 15.9 Å². The molecule has 0 aliphatic carbocycles. The number of carboxylic acid groups (broad SMARTS) is 1. The highest BCUT2D eigenvalue weighted by Crippen LogP contribution is 2.31.